The van der Waals surface area contributed by atoms with Crippen LogP contribution < -0.4 is 14.8 Å². The Labute approximate surface area is 282 Å². The second-order valence-corrected chi connectivity index (χ2v) is 12.8. The molecule has 0 aromatic heterocycles. The van der Waals surface area contributed by atoms with E-state index in [9.17, 15) is 4.79 Å². The van der Waals surface area contributed by atoms with Gasteiger partial charge in [0.25, 0.3) is 0 Å². The maximum absolute atomic E-state index is 12.0. The summed E-state index contributed by atoms with van der Waals surface area (Å²) < 4.78 is 5.65. The number of benzene rings is 3. The molecular formula is C42H52N3O2+. The third-order valence-corrected chi connectivity index (χ3v) is 9.74. The first-order valence-corrected chi connectivity index (χ1v) is 17.5. The van der Waals surface area contributed by atoms with E-state index >= 15 is 0 Å². The molecule has 1 N–H and O–H groups in total. The highest BCUT2D eigenvalue weighted by molar-refractivity contribution is 6.17. The number of fused-ring (bicyclic) bond motifs is 1. The highest BCUT2D eigenvalue weighted by atomic mass is 16.5. The Kier molecular flexibility index (Phi) is 11.2. The molecule has 47 heavy (non-hydrogen) atoms. The molecule has 5 rings (SSSR count). The number of anilines is 2. The minimum Gasteiger partial charge on any atom is -0.459 e. The molecule has 0 atom stereocenters. The van der Waals surface area contributed by atoms with Gasteiger partial charge in [-0.2, -0.15) is 0 Å². The number of aryl methyl sites for hydroxylation is 1. The van der Waals surface area contributed by atoms with Gasteiger partial charge >= 0.3 is 5.97 Å². The van der Waals surface area contributed by atoms with Crippen LogP contribution in [0.4, 0.5) is 11.4 Å². The van der Waals surface area contributed by atoms with Crippen molar-refractivity contribution < 1.29 is 14.5 Å². The van der Waals surface area contributed by atoms with E-state index in [4.69, 9.17) is 4.74 Å². The average molecular weight is 631 g/mol. The Morgan fingerprint density at radius 1 is 0.809 bits per heavy atom. The van der Waals surface area contributed by atoms with E-state index in [2.05, 4.69) is 135 Å². The van der Waals surface area contributed by atoms with E-state index in [1.54, 1.807) is 6.92 Å². The maximum Gasteiger partial charge on any atom is 0.333 e. The number of hydrogen-bond donors (Lipinski definition) is 1. The van der Waals surface area contributed by atoms with E-state index in [-0.39, 0.29) is 12.1 Å². The Morgan fingerprint density at radius 3 is 2.00 bits per heavy atom. The summed E-state index contributed by atoms with van der Waals surface area (Å²) in [5.41, 5.74) is 12.8. The van der Waals surface area contributed by atoms with Crippen LogP contribution >= 0.6 is 0 Å². The van der Waals surface area contributed by atoms with Gasteiger partial charge in [0.1, 0.15) is 6.10 Å². The molecule has 0 bridgehead atoms. The molecule has 1 saturated carbocycles. The van der Waals surface area contributed by atoms with Gasteiger partial charge in [0.2, 0.25) is 5.71 Å². The van der Waals surface area contributed by atoms with E-state index in [1.165, 1.54) is 50.3 Å². The van der Waals surface area contributed by atoms with Crippen molar-refractivity contribution in [1.82, 2.24) is 0 Å². The zero-order valence-electron chi connectivity index (χ0n) is 29.2. The Bertz CT molecular complexity index is 1660. The predicted molar refractivity (Wildman–Crippen MR) is 198 cm³/mol. The number of ether oxygens (including phenoxy) is 1. The summed E-state index contributed by atoms with van der Waals surface area (Å²) in [4.78, 5) is 20.7. The fraction of sp³-hybridized carbons (Fsp3) is 0.381. The number of nitrogens with one attached hydrogen (secondary N) is 1. The van der Waals surface area contributed by atoms with Crippen LogP contribution in [-0.2, 0) is 9.53 Å². The third kappa shape index (κ3) is 7.62. The summed E-state index contributed by atoms with van der Waals surface area (Å²) in [7, 11) is 0. The van der Waals surface area contributed by atoms with E-state index in [0.717, 1.165) is 57.6 Å². The van der Waals surface area contributed by atoms with Crippen LogP contribution in [0, 0.1) is 6.92 Å². The van der Waals surface area contributed by atoms with Gasteiger partial charge < -0.3 is 14.5 Å². The highest BCUT2D eigenvalue weighted by Crippen LogP contribution is 2.39. The summed E-state index contributed by atoms with van der Waals surface area (Å²) in [5, 5.41) is 0. The fourth-order valence-corrected chi connectivity index (χ4v) is 7.04. The Balaban J connectivity index is 1.56. The van der Waals surface area contributed by atoms with Gasteiger partial charge in [-0.1, -0.05) is 43.0 Å². The van der Waals surface area contributed by atoms with Crippen molar-refractivity contribution in [2.75, 3.05) is 36.0 Å². The van der Waals surface area contributed by atoms with E-state index in [0.29, 0.717) is 11.6 Å². The number of allylic oxidation sites excluding steroid dienone is 3. The molecule has 1 fully saturated rings. The highest BCUT2D eigenvalue weighted by Gasteiger charge is 2.29. The van der Waals surface area contributed by atoms with Crippen LogP contribution in [0.1, 0.15) is 88.1 Å². The second kappa shape index (κ2) is 15.5. The van der Waals surface area contributed by atoms with Gasteiger partial charge in [-0.15, -0.1) is 0 Å². The van der Waals surface area contributed by atoms with E-state index < -0.39 is 0 Å². The van der Waals surface area contributed by atoms with Gasteiger partial charge in [-0.25, -0.2) is 9.79 Å². The quantitative estimate of drug-likeness (QED) is 0.176. The van der Waals surface area contributed by atoms with Crippen molar-refractivity contribution in [3.05, 3.63) is 119 Å². The number of hydrogen-bond acceptors (Lipinski definition) is 4. The Morgan fingerprint density at radius 2 is 1.40 bits per heavy atom. The summed E-state index contributed by atoms with van der Waals surface area (Å²) in [5.74, 6) is -0.282. The first-order chi connectivity index (χ1) is 22.8. The van der Waals surface area contributed by atoms with Crippen LogP contribution in [0.3, 0.4) is 0 Å². The summed E-state index contributed by atoms with van der Waals surface area (Å²) >= 11 is 0. The smallest absolute Gasteiger partial charge is 0.333 e. The van der Waals surface area contributed by atoms with Crippen molar-refractivity contribution in [3.8, 4) is 0 Å². The molecule has 5 heteroatoms. The topological polar surface area (TPSA) is 46.8 Å². The number of nitrogens with zero attached hydrogens (tertiary/aromatic N) is 2. The Hall–Kier alpha value is -4.38. The van der Waals surface area contributed by atoms with Crippen LogP contribution in [0.5, 0.6) is 0 Å². The lowest BCUT2D eigenvalue weighted by Gasteiger charge is -2.26. The van der Waals surface area contributed by atoms with Crippen molar-refractivity contribution >= 4 is 34.2 Å². The summed E-state index contributed by atoms with van der Waals surface area (Å²) in [6.45, 7) is 20.5. The molecule has 0 spiro atoms. The zero-order chi connectivity index (χ0) is 33.5. The average Bonchev–Trinajstić information content (AvgIpc) is 3.09. The summed E-state index contributed by atoms with van der Waals surface area (Å²) in [6, 6.07) is 25.2. The summed E-state index contributed by atoms with van der Waals surface area (Å²) in [6.07, 6.45) is 8.16. The molecule has 0 unspecified atom stereocenters. The molecule has 2 aliphatic rings. The molecule has 0 aliphatic heterocycles. The largest absolute Gasteiger partial charge is 0.459 e. The molecule has 0 amide bonds. The second-order valence-electron chi connectivity index (χ2n) is 12.8. The van der Waals surface area contributed by atoms with E-state index in [1.807, 2.05) is 0 Å². The third-order valence-electron chi connectivity index (χ3n) is 9.74. The van der Waals surface area contributed by atoms with Gasteiger partial charge in [0.15, 0.2) is 6.04 Å². The molecule has 3 aromatic carbocycles. The molecule has 5 nitrogen and oxygen atoms in total. The lowest BCUT2D eigenvalue weighted by Crippen LogP contribution is -2.80. The van der Waals surface area contributed by atoms with Crippen LogP contribution in [0.25, 0.3) is 11.1 Å². The van der Waals surface area contributed by atoms with Crippen molar-refractivity contribution in [2.45, 2.75) is 79.4 Å². The molecule has 246 valence electrons. The monoisotopic (exact) mass is 630 g/mol. The first-order valence-electron chi connectivity index (χ1n) is 17.5. The van der Waals surface area contributed by atoms with Gasteiger partial charge in [0, 0.05) is 62.0 Å². The van der Waals surface area contributed by atoms with Crippen molar-refractivity contribution in [3.63, 3.8) is 0 Å². The van der Waals surface area contributed by atoms with Crippen molar-refractivity contribution in [2.24, 2.45) is 0 Å². The standard InChI is InChI=1S/C42H51N3O2/c1-8-44(9-2)33-20-16-31(17-21-33)41(36-25-22-34(28-30(36)7)45(10-3)11-4)39-26-27-40(38-15-13-12-14-37(38)39)43-32-18-23-35(24-19-32)47-42(46)29(5)6/h12-17,20-22,25-28,32,35H,5,8-11,18-19,23-24H2,1-4,6-7H3/p+1. The van der Waals surface area contributed by atoms with Crippen LogP contribution in [0.15, 0.2) is 91.0 Å². The van der Waals surface area contributed by atoms with Crippen LogP contribution in [-0.4, -0.2) is 50.0 Å². The molecule has 0 heterocycles. The number of esters is 1. The minimum absolute atomic E-state index is 0.0296. The lowest BCUT2D eigenvalue weighted by molar-refractivity contribution is -0.507. The molecule has 0 saturated heterocycles. The number of carbonyl (C=O) groups excluding carboxylic acids is 1. The molecule has 3 aromatic rings. The zero-order valence-corrected chi connectivity index (χ0v) is 29.2. The van der Waals surface area contributed by atoms with Gasteiger partial charge in [-0.3, -0.25) is 0 Å². The SMILES string of the molecule is C=C(C)C(=O)OC1CCC([NH+]=C2C=CC(=C(c3ccc(N(CC)CC)cc3)c3ccc(N(CC)CC)cc3C)c3ccccc32)CC1. The lowest BCUT2D eigenvalue weighted by atomic mass is 9.82. The van der Waals surface area contributed by atoms with Crippen LogP contribution in [0.2, 0.25) is 0 Å². The molecule has 0 radical (unpaired) electrons. The normalized spacial score (nSPS) is 19.2. The predicted octanol–water partition coefficient (Wildman–Crippen LogP) is 7.52. The number of rotatable bonds is 11. The first kappa shape index (κ1) is 34.0. The fourth-order valence-electron chi connectivity index (χ4n) is 7.04. The maximum atomic E-state index is 12.0. The minimum atomic E-state index is -0.282. The van der Waals surface area contributed by atoms with Gasteiger partial charge in [-0.05, 0) is 124 Å². The van der Waals surface area contributed by atoms with Gasteiger partial charge in [0.05, 0.1) is 5.56 Å². The molecular weight excluding hydrogens is 578 g/mol. The molecule has 2 aliphatic carbocycles. The van der Waals surface area contributed by atoms with Crippen molar-refractivity contribution in [1.29, 1.82) is 0 Å². The number of carbonyl (C=O) groups is 1.